The quantitative estimate of drug-likeness (QED) is 0.493. The molecule has 1 aliphatic heterocycles. The first-order chi connectivity index (χ1) is 18.0. The third kappa shape index (κ3) is 3.88. The zero-order chi connectivity index (χ0) is 26.9. The van der Waals surface area contributed by atoms with Gasteiger partial charge in [0.2, 0.25) is 0 Å². The molecule has 3 aromatic heterocycles. The Bertz CT molecular complexity index is 1450. The number of rotatable bonds is 6. The predicted octanol–water partition coefficient (Wildman–Crippen LogP) is 4.77. The van der Waals surface area contributed by atoms with E-state index in [1.807, 2.05) is 20.8 Å². The largest absolute Gasteiger partial charge is 0.394 e. The summed E-state index contributed by atoms with van der Waals surface area (Å²) in [6, 6.07) is 3.30. The van der Waals surface area contributed by atoms with Gasteiger partial charge >= 0.3 is 6.18 Å². The molecule has 4 heterocycles. The van der Waals surface area contributed by atoms with Crippen LogP contribution < -0.4 is 11.0 Å². The topological polar surface area (TPSA) is 94.8 Å². The van der Waals surface area contributed by atoms with Gasteiger partial charge in [-0.05, 0) is 64.0 Å². The highest BCUT2D eigenvalue weighted by Gasteiger charge is 2.79. The van der Waals surface area contributed by atoms with Gasteiger partial charge in [-0.15, -0.1) is 0 Å². The number of alkyl halides is 3. The van der Waals surface area contributed by atoms with E-state index in [0.29, 0.717) is 48.7 Å². The molecule has 0 amide bonds. The molecule has 202 valence electrons. The second-order valence-electron chi connectivity index (χ2n) is 11.2. The first kappa shape index (κ1) is 25.2. The zero-order valence-corrected chi connectivity index (χ0v) is 21.7. The van der Waals surface area contributed by atoms with E-state index >= 15 is 0 Å². The van der Waals surface area contributed by atoms with Gasteiger partial charge in [0.1, 0.15) is 11.3 Å². The highest BCUT2D eigenvalue weighted by Crippen LogP contribution is 2.78. The molecule has 3 aliphatic carbocycles. The van der Waals surface area contributed by atoms with Crippen molar-refractivity contribution < 1.29 is 17.9 Å². The first-order valence-corrected chi connectivity index (χ1v) is 13.2. The predicted molar refractivity (Wildman–Crippen MR) is 135 cm³/mol. The normalized spacial score (nSPS) is 28.6. The Kier molecular flexibility index (Phi) is 5.79. The minimum absolute atomic E-state index is 0.0480. The van der Waals surface area contributed by atoms with Gasteiger partial charge in [-0.1, -0.05) is 6.92 Å². The van der Waals surface area contributed by atoms with E-state index in [9.17, 15) is 18.0 Å². The van der Waals surface area contributed by atoms with Crippen molar-refractivity contribution in [2.24, 2.45) is 5.41 Å². The van der Waals surface area contributed by atoms with Crippen LogP contribution in [0.2, 0.25) is 0 Å². The van der Waals surface area contributed by atoms with Crippen molar-refractivity contribution in [2.75, 3.05) is 18.6 Å². The maximum atomic E-state index is 13.6. The molecule has 4 fully saturated rings. The average Bonchev–Trinajstić information content (AvgIpc) is 2.82. The number of ether oxygens (including phenoxy) is 1. The molecule has 3 aromatic rings. The molecular weight excluding hydrogens is 497 g/mol. The second-order valence-corrected chi connectivity index (χ2v) is 11.2. The maximum Gasteiger partial charge on any atom is 0.394 e. The number of halogens is 3. The lowest BCUT2D eigenvalue weighted by Gasteiger charge is -2.70. The van der Waals surface area contributed by atoms with Crippen molar-refractivity contribution in [2.45, 2.75) is 82.9 Å². The molecule has 2 bridgehead atoms. The fraction of sp³-hybridized carbons (Fsp3) is 0.593. The van der Waals surface area contributed by atoms with Crippen molar-refractivity contribution >= 4 is 11.2 Å². The number of nitrogens with one attached hydrogen (secondary N) is 1. The summed E-state index contributed by atoms with van der Waals surface area (Å²) in [5, 5.41) is 0. The Hall–Kier alpha value is -3.08. The molecule has 2 atom stereocenters. The molecule has 4 aliphatic rings. The van der Waals surface area contributed by atoms with Crippen molar-refractivity contribution in [3.8, 4) is 0 Å². The van der Waals surface area contributed by atoms with Gasteiger partial charge in [-0.2, -0.15) is 13.2 Å². The molecule has 8 nitrogen and oxygen atoms in total. The van der Waals surface area contributed by atoms with E-state index in [2.05, 4.69) is 10.4 Å². The van der Waals surface area contributed by atoms with E-state index in [0.717, 1.165) is 23.4 Å². The van der Waals surface area contributed by atoms with Crippen molar-refractivity contribution in [3.63, 3.8) is 0 Å². The van der Waals surface area contributed by atoms with Gasteiger partial charge in [0, 0.05) is 36.7 Å². The Morgan fingerprint density at radius 3 is 2.55 bits per heavy atom. The number of hydrogen-bond acceptors (Lipinski definition) is 7. The van der Waals surface area contributed by atoms with Crippen LogP contribution in [0.25, 0.3) is 11.2 Å². The molecule has 7 rings (SSSR count). The molecule has 0 unspecified atom stereocenters. The number of hydrogen-bond donors (Lipinski definition) is 1. The van der Waals surface area contributed by atoms with Gasteiger partial charge in [0.25, 0.3) is 5.56 Å². The molecule has 0 aromatic carbocycles. The van der Waals surface area contributed by atoms with Crippen LogP contribution in [0.4, 0.5) is 13.2 Å². The van der Waals surface area contributed by atoms with E-state index in [4.69, 9.17) is 19.7 Å². The zero-order valence-electron chi connectivity index (χ0n) is 21.7. The van der Waals surface area contributed by atoms with Crippen molar-refractivity contribution in [3.05, 3.63) is 57.2 Å². The first-order valence-electron chi connectivity index (χ1n) is 13.2. The Balaban J connectivity index is 1.34. The molecule has 38 heavy (non-hydrogen) atoms. The van der Waals surface area contributed by atoms with Crippen LogP contribution in [0.5, 0.6) is 0 Å². The van der Waals surface area contributed by atoms with Gasteiger partial charge in [0.05, 0.1) is 28.6 Å². The summed E-state index contributed by atoms with van der Waals surface area (Å²) in [6.45, 7) is 6.88. The van der Waals surface area contributed by atoms with Crippen LogP contribution in [0.1, 0.15) is 85.9 Å². The lowest BCUT2D eigenvalue weighted by atomic mass is 9.34. The smallest absolute Gasteiger partial charge is 0.373 e. The van der Waals surface area contributed by atoms with Crippen LogP contribution in [0.15, 0.2) is 23.1 Å². The van der Waals surface area contributed by atoms with Gasteiger partial charge in [-0.3, -0.25) is 4.79 Å². The fourth-order valence-corrected chi connectivity index (χ4v) is 6.33. The van der Waals surface area contributed by atoms with Gasteiger partial charge in [-0.25, -0.2) is 24.6 Å². The average molecular weight is 529 g/mol. The highest BCUT2D eigenvalue weighted by atomic mass is 19.4. The van der Waals surface area contributed by atoms with E-state index in [1.165, 1.54) is 10.7 Å². The monoisotopic (exact) mass is 528 g/mol. The van der Waals surface area contributed by atoms with Crippen LogP contribution in [0.3, 0.4) is 0 Å². The number of aryl methyl sites for hydroxylation is 2. The van der Waals surface area contributed by atoms with Crippen LogP contribution >= 0.6 is 0 Å². The third-order valence-corrected chi connectivity index (χ3v) is 8.58. The fourth-order valence-electron chi connectivity index (χ4n) is 6.33. The highest BCUT2D eigenvalue weighted by molar-refractivity contribution is 5.75. The summed E-state index contributed by atoms with van der Waals surface area (Å²) >= 11 is 0. The van der Waals surface area contributed by atoms with Gasteiger partial charge in [0.15, 0.2) is 5.65 Å². The van der Waals surface area contributed by atoms with Crippen LogP contribution in [-0.4, -0.2) is 43.9 Å². The molecular formula is C27H31F3N6O2. The number of fused-ring (bicyclic) bond motifs is 1. The molecule has 0 radical (unpaired) electrons. The molecule has 3 saturated carbocycles. The lowest BCUT2D eigenvalue weighted by molar-refractivity contribution is -0.337. The van der Waals surface area contributed by atoms with Crippen molar-refractivity contribution in [1.82, 2.24) is 24.6 Å². The molecule has 1 N–H and O–H groups in total. The Morgan fingerprint density at radius 2 is 1.84 bits per heavy atom. The Labute approximate surface area is 218 Å². The van der Waals surface area contributed by atoms with E-state index in [-0.39, 0.29) is 36.8 Å². The van der Waals surface area contributed by atoms with Crippen molar-refractivity contribution in [1.29, 1.82) is 0 Å². The Morgan fingerprint density at radius 1 is 1.11 bits per heavy atom. The maximum absolute atomic E-state index is 13.6. The standard InChI is InChI=1S/C27H31F3N6O2/c1-4-8-31-36-11-18(5-6-20(36)37)19-10-17(7-9-38-19)23-34-22(21-24(35-23)33-16(3)15(2)32-21)25-12-26(13-25,14-25)27(28,29)30/h5-6,11,17,19,31H,4,7-10,12-14H2,1-3H3/t17-,19+,25?,26?/m0/s1. The molecule has 1 saturated heterocycles. The molecule has 11 heteroatoms. The number of nitrogens with zero attached hydrogens (tertiary/aromatic N) is 5. The SMILES string of the molecule is CCCNn1cc([C@H]2C[C@@H](c3nc(C45CC(C(F)(F)F)(C4)C5)c4nc(C)c(C)nc4n3)CCO2)ccc1=O. The van der Waals surface area contributed by atoms with Gasteiger partial charge < -0.3 is 10.2 Å². The second kappa shape index (κ2) is 8.72. The minimum Gasteiger partial charge on any atom is -0.373 e. The number of aromatic nitrogens is 5. The third-order valence-electron chi connectivity index (χ3n) is 8.58. The van der Waals surface area contributed by atoms with E-state index in [1.54, 1.807) is 12.3 Å². The summed E-state index contributed by atoms with van der Waals surface area (Å²) < 4.78 is 48.5. The summed E-state index contributed by atoms with van der Waals surface area (Å²) in [7, 11) is 0. The lowest BCUT2D eigenvalue weighted by Crippen LogP contribution is -2.70. The van der Waals surface area contributed by atoms with E-state index < -0.39 is 17.0 Å². The summed E-state index contributed by atoms with van der Waals surface area (Å²) in [4.78, 5) is 31.3. The molecule has 0 spiro atoms. The van der Waals surface area contributed by atoms with Crippen LogP contribution in [0, 0.1) is 19.3 Å². The summed E-state index contributed by atoms with van der Waals surface area (Å²) in [6.07, 6.45) is -0.385. The summed E-state index contributed by atoms with van der Waals surface area (Å²) in [5.41, 5.74) is 4.66. The summed E-state index contributed by atoms with van der Waals surface area (Å²) in [5.74, 6) is 0.523. The van der Waals surface area contributed by atoms with Crippen LogP contribution in [-0.2, 0) is 10.2 Å². The number of pyridine rings is 1. The minimum atomic E-state index is -4.20.